The van der Waals surface area contributed by atoms with Gasteiger partial charge in [-0.3, -0.25) is 4.79 Å². The zero-order chi connectivity index (χ0) is 12.2. The Kier molecular flexibility index (Phi) is 4.78. The van der Waals surface area contributed by atoms with Gasteiger partial charge in [-0.15, -0.1) is 0 Å². The lowest BCUT2D eigenvalue weighted by Crippen LogP contribution is -2.28. The second kappa shape index (κ2) is 5.67. The molecule has 0 radical (unpaired) electrons. The molecular formula is C13H24O3. The lowest BCUT2D eigenvalue weighted by Gasteiger charge is -2.27. The number of aliphatic carboxylic acids is 1. The van der Waals surface area contributed by atoms with Crippen LogP contribution >= 0.6 is 0 Å². The van der Waals surface area contributed by atoms with E-state index in [0.29, 0.717) is 6.10 Å². The molecule has 0 aromatic carbocycles. The van der Waals surface area contributed by atoms with E-state index in [2.05, 4.69) is 0 Å². The second-order valence-corrected chi connectivity index (χ2v) is 5.82. The molecule has 1 fully saturated rings. The van der Waals surface area contributed by atoms with E-state index in [9.17, 15) is 4.79 Å². The summed E-state index contributed by atoms with van der Waals surface area (Å²) in [6.45, 7) is 6.87. The maximum absolute atomic E-state index is 11.1. The molecule has 94 valence electrons. The Morgan fingerprint density at radius 2 is 2.19 bits per heavy atom. The second-order valence-electron chi connectivity index (χ2n) is 5.82. The van der Waals surface area contributed by atoms with Crippen molar-refractivity contribution in [3.05, 3.63) is 0 Å². The summed E-state index contributed by atoms with van der Waals surface area (Å²) in [5.41, 5.74) is -0.150. The summed E-state index contributed by atoms with van der Waals surface area (Å²) >= 11 is 0. The van der Waals surface area contributed by atoms with E-state index >= 15 is 0 Å². The molecule has 3 nitrogen and oxygen atoms in total. The summed E-state index contributed by atoms with van der Waals surface area (Å²) < 4.78 is 5.53. The average molecular weight is 228 g/mol. The molecule has 0 aliphatic carbocycles. The Balaban J connectivity index is 2.30. The maximum atomic E-state index is 11.1. The van der Waals surface area contributed by atoms with Crippen LogP contribution in [0.5, 0.6) is 0 Å². The molecule has 0 spiro atoms. The first-order chi connectivity index (χ1) is 7.41. The average Bonchev–Trinajstić information content (AvgIpc) is 2.61. The van der Waals surface area contributed by atoms with Crippen LogP contribution < -0.4 is 0 Å². The molecule has 0 aromatic rings. The van der Waals surface area contributed by atoms with Crippen LogP contribution in [0, 0.1) is 11.3 Å². The molecule has 2 atom stereocenters. The Bertz CT molecular complexity index is 224. The van der Waals surface area contributed by atoms with Gasteiger partial charge in [0.2, 0.25) is 0 Å². The number of carboxylic acid groups (broad SMARTS) is 1. The van der Waals surface area contributed by atoms with Gasteiger partial charge in [0.15, 0.2) is 0 Å². The van der Waals surface area contributed by atoms with Crippen LogP contribution in [0.25, 0.3) is 0 Å². The lowest BCUT2D eigenvalue weighted by atomic mass is 9.78. The third kappa shape index (κ3) is 4.12. The Morgan fingerprint density at radius 1 is 1.50 bits per heavy atom. The number of rotatable bonds is 5. The molecule has 1 aliphatic heterocycles. The van der Waals surface area contributed by atoms with E-state index < -0.39 is 5.97 Å². The topological polar surface area (TPSA) is 46.5 Å². The van der Waals surface area contributed by atoms with Gasteiger partial charge in [0.25, 0.3) is 0 Å². The molecule has 3 heteroatoms. The summed E-state index contributed by atoms with van der Waals surface area (Å²) in [5, 5.41) is 9.17. The van der Waals surface area contributed by atoms with E-state index in [-0.39, 0.29) is 11.3 Å². The van der Waals surface area contributed by atoms with Crippen molar-refractivity contribution < 1.29 is 14.6 Å². The van der Waals surface area contributed by atoms with Gasteiger partial charge in [-0.25, -0.2) is 0 Å². The van der Waals surface area contributed by atoms with Crippen LogP contribution in [-0.4, -0.2) is 23.8 Å². The smallest absolute Gasteiger partial charge is 0.307 e. The van der Waals surface area contributed by atoms with Crippen LogP contribution in [0.2, 0.25) is 0 Å². The molecule has 1 rings (SSSR count). The normalized spacial score (nSPS) is 23.3. The van der Waals surface area contributed by atoms with Crippen LogP contribution in [0.1, 0.15) is 52.9 Å². The van der Waals surface area contributed by atoms with Gasteiger partial charge in [0.1, 0.15) is 0 Å². The quantitative estimate of drug-likeness (QED) is 0.786. The van der Waals surface area contributed by atoms with E-state index in [1.165, 1.54) is 0 Å². The van der Waals surface area contributed by atoms with Gasteiger partial charge in [-0.05, 0) is 37.5 Å². The van der Waals surface area contributed by atoms with Gasteiger partial charge in [-0.1, -0.05) is 20.8 Å². The third-order valence-electron chi connectivity index (χ3n) is 3.39. The lowest BCUT2D eigenvalue weighted by molar-refractivity contribution is -0.145. The van der Waals surface area contributed by atoms with Gasteiger partial charge in [-0.2, -0.15) is 0 Å². The molecule has 0 bridgehead atoms. The first-order valence-corrected chi connectivity index (χ1v) is 6.25. The van der Waals surface area contributed by atoms with Crippen molar-refractivity contribution in [3.63, 3.8) is 0 Å². The Labute approximate surface area is 98.2 Å². The minimum absolute atomic E-state index is 0.150. The first-order valence-electron chi connectivity index (χ1n) is 6.25. The molecule has 0 aromatic heterocycles. The minimum atomic E-state index is -0.667. The fraction of sp³-hybridized carbons (Fsp3) is 0.923. The number of carboxylic acids is 1. The highest BCUT2D eigenvalue weighted by molar-refractivity contribution is 5.70. The highest BCUT2D eigenvalue weighted by Crippen LogP contribution is 2.31. The van der Waals surface area contributed by atoms with Gasteiger partial charge < -0.3 is 9.84 Å². The van der Waals surface area contributed by atoms with E-state index in [0.717, 1.165) is 38.7 Å². The van der Waals surface area contributed by atoms with Crippen molar-refractivity contribution in [2.45, 2.75) is 59.0 Å². The molecule has 1 heterocycles. The SMILES string of the molecule is CC(C)(C)C(CCCC1CCCO1)C(=O)O. The maximum Gasteiger partial charge on any atom is 0.307 e. The zero-order valence-electron chi connectivity index (χ0n) is 10.7. The van der Waals surface area contributed by atoms with Crippen molar-refractivity contribution in [1.29, 1.82) is 0 Å². The van der Waals surface area contributed by atoms with Gasteiger partial charge in [0, 0.05) is 6.61 Å². The van der Waals surface area contributed by atoms with Gasteiger partial charge in [0.05, 0.1) is 12.0 Å². The molecular weight excluding hydrogens is 204 g/mol. The molecule has 16 heavy (non-hydrogen) atoms. The predicted octanol–water partition coefficient (Wildman–Crippen LogP) is 3.08. The minimum Gasteiger partial charge on any atom is -0.481 e. The van der Waals surface area contributed by atoms with Crippen molar-refractivity contribution in [2.75, 3.05) is 6.61 Å². The summed E-state index contributed by atoms with van der Waals surface area (Å²) in [6, 6.07) is 0. The van der Waals surface area contributed by atoms with E-state index in [4.69, 9.17) is 9.84 Å². The Morgan fingerprint density at radius 3 is 2.62 bits per heavy atom. The number of hydrogen-bond acceptors (Lipinski definition) is 2. The van der Waals surface area contributed by atoms with Crippen LogP contribution in [0.3, 0.4) is 0 Å². The highest BCUT2D eigenvalue weighted by Gasteiger charge is 2.30. The number of ether oxygens (including phenoxy) is 1. The standard InChI is InChI=1S/C13H24O3/c1-13(2,3)11(12(14)15)8-4-6-10-7-5-9-16-10/h10-11H,4-9H2,1-3H3,(H,14,15). The summed E-state index contributed by atoms with van der Waals surface area (Å²) in [5.74, 6) is -0.909. The summed E-state index contributed by atoms with van der Waals surface area (Å²) in [4.78, 5) is 11.1. The Hall–Kier alpha value is -0.570. The predicted molar refractivity (Wildman–Crippen MR) is 63.4 cm³/mol. The fourth-order valence-corrected chi connectivity index (χ4v) is 2.35. The fourth-order valence-electron chi connectivity index (χ4n) is 2.35. The monoisotopic (exact) mass is 228 g/mol. The van der Waals surface area contributed by atoms with E-state index in [1.54, 1.807) is 0 Å². The first kappa shape index (κ1) is 13.5. The van der Waals surface area contributed by atoms with E-state index in [1.807, 2.05) is 20.8 Å². The third-order valence-corrected chi connectivity index (χ3v) is 3.39. The number of hydrogen-bond donors (Lipinski definition) is 1. The van der Waals surface area contributed by atoms with Crippen molar-refractivity contribution >= 4 is 5.97 Å². The van der Waals surface area contributed by atoms with Crippen LogP contribution in [-0.2, 0) is 9.53 Å². The molecule has 2 unspecified atom stereocenters. The zero-order valence-corrected chi connectivity index (χ0v) is 10.7. The molecule has 1 saturated heterocycles. The van der Waals surface area contributed by atoms with Crippen molar-refractivity contribution in [3.8, 4) is 0 Å². The molecule has 1 aliphatic rings. The summed E-state index contributed by atoms with van der Waals surface area (Å²) in [6.07, 6.45) is 5.42. The molecule has 1 N–H and O–H groups in total. The molecule has 0 saturated carbocycles. The van der Waals surface area contributed by atoms with Crippen LogP contribution in [0.15, 0.2) is 0 Å². The van der Waals surface area contributed by atoms with Crippen molar-refractivity contribution in [2.24, 2.45) is 11.3 Å². The van der Waals surface area contributed by atoms with Gasteiger partial charge >= 0.3 is 5.97 Å². The van der Waals surface area contributed by atoms with Crippen LogP contribution in [0.4, 0.5) is 0 Å². The largest absolute Gasteiger partial charge is 0.481 e. The summed E-state index contributed by atoms with van der Waals surface area (Å²) in [7, 11) is 0. The molecule has 0 amide bonds. The number of carbonyl (C=O) groups is 1. The van der Waals surface area contributed by atoms with Crippen molar-refractivity contribution in [1.82, 2.24) is 0 Å². The highest BCUT2D eigenvalue weighted by atomic mass is 16.5.